The molecule has 198 valence electrons. The van der Waals surface area contributed by atoms with E-state index < -0.39 is 23.9 Å². The van der Waals surface area contributed by atoms with Gasteiger partial charge in [-0.05, 0) is 49.9 Å². The summed E-state index contributed by atoms with van der Waals surface area (Å²) in [6.07, 6.45) is -3.43. The van der Waals surface area contributed by atoms with E-state index in [1.54, 1.807) is 18.3 Å². The van der Waals surface area contributed by atoms with E-state index >= 15 is 0 Å². The average Bonchev–Trinajstić information content (AvgIpc) is 2.80. The Morgan fingerprint density at radius 2 is 1.92 bits per heavy atom. The van der Waals surface area contributed by atoms with Gasteiger partial charge >= 0.3 is 6.36 Å². The number of rotatable bonds is 6. The van der Waals surface area contributed by atoms with Crippen LogP contribution in [0, 0.1) is 6.92 Å². The van der Waals surface area contributed by atoms with Gasteiger partial charge in [0.2, 0.25) is 5.91 Å². The number of hydrogen-bond donors (Lipinski definition) is 3. The number of nitrogens with one attached hydrogen (secondary N) is 1. The molecular formula is C23H27F3N7O3S+. The summed E-state index contributed by atoms with van der Waals surface area (Å²) in [5.41, 5.74) is 6.79. The van der Waals surface area contributed by atoms with Gasteiger partial charge in [0.15, 0.2) is 10.9 Å². The van der Waals surface area contributed by atoms with Crippen LogP contribution in [0.1, 0.15) is 21.6 Å². The van der Waals surface area contributed by atoms with E-state index in [2.05, 4.69) is 24.9 Å². The highest BCUT2D eigenvalue weighted by molar-refractivity contribution is 8.26. The van der Waals surface area contributed by atoms with Crippen LogP contribution in [-0.2, 0) is 4.79 Å². The first kappa shape index (κ1) is 28.1. The normalized spacial score (nSPS) is 15.3. The van der Waals surface area contributed by atoms with Crippen LogP contribution in [0.3, 0.4) is 0 Å². The summed E-state index contributed by atoms with van der Waals surface area (Å²) >= 11 is 0.817. The molecule has 1 aliphatic heterocycles. The smallest absolute Gasteiger partial charge is 0.404 e. The van der Waals surface area contributed by atoms with Crippen LogP contribution in [-0.4, -0.2) is 82.9 Å². The lowest BCUT2D eigenvalue weighted by atomic mass is 10.1. The number of aromatic nitrogens is 1. The van der Waals surface area contributed by atoms with E-state index in [0.29, 0.717) is 18.8 Å². The molecule has 5 N–H and O–H groups in total. The second kappa shape index (κ2) is 12.2. The number of amidine groups is 1. The molecule has 3 rings (SSSR count). The molecule has 14 heteroatoms. The third-order valence-electron chi connectivity index (χ3n) is 5.28. The number of amides is 2. The van der Waals surface area contributed by atoms with Crippen molar-refractivity contribution in [3.63, 3.8) is 0 Å². The number of carbonyl (C=O) groups is 2. The van der Waals surface area contributed by atoms with Gasteiger partial charge in [-0.15, -0.1) is 13.2 Å². The molecule has 2 amide bonds. The van der Waals surface area contributed by atoms with Crippen LogP contribution in [0.15, 0.2) is 41.5 Å². The highest BCUT2D eigenvalue weighted by Gasteiger charge is 2.32. The average molecular weight is 539 g/mol. The van der Waals surface area contributed by atoms with Crippen LogP contribution in [0.25, 0.3) is 0 Å². The lowest BCUT2D eigenvalue weighted by molar-refractivity contribution is -0.274. The lowest BCUT2D eigenvalue weighted by Gasteiger charge is -2.31. The Hall–Kier alpha value is -3.49. The molecule has 0 aliphatic carbocycles. The number of aliphatic imine (C=N–C) groups is 1. The number of piperazine rings is 1. The number of anilines is 1. The van der Waals surface area contributed by atoms with Crippen LogP contribution in [0.4, 0.5) is 18.9 Å². The summed E-state index contributed by atoms with van der Waals surface area (Å²) in [6.45, 7) is 4.63. The monoisotopic (exact) mass is 538 g/mol. The van der Waals surface area contributed by atoms with Gasteiger partial charge in [0.05, 0.1) is 12.2 Å². The van der Waals surface area contributed by atoms with Gasteiger partial charge in [0.25, 0.3) is 11.0 Å². The number of hydrogen-bond acceptors (Lipinski definition) is 7. The molecule has 0 spiro atoms. The van der Waals surface area contributed by atoms with Crippen molar-refractivity contribution in [2.24, 2.45) is 10.7 Å². The van der Waals surface area contributed by atoms with Gasteiger partial charge in [-0.25, -0.2) is 10.4 Å². The van der Waals surface area contributed by atoms with Crippen molar-refractivity contribution in [2.45, 2.75) is 13.3 Å². The highest BCUT2D eigenvalue weighted by atomic mass is 32.2. The largest absolute Gasteiger partial charge is 0.573 e. The lowest BCUT2D eigenvalue weighted by Crippen LogP contribution is -2.47. The first-order valence-corrected chi connectivity index (χ1v) is 11.9. The van der Waals surface area contributed by atoms with E-state index in [9.17, 15) is 22.8 Å². The first-order chi connectivity index (χ1) is 17.4. The van der Waals surface area contributed by atoms with Gasteiger partial charge in [-0.1, -0.05) is 0 Å². The van der Waals surface area contributed by atoms with Gasteiger partial charge in [-0.2, -0.15) is 4.99 Å². The number of benzene rings is 1. The van der Waals surface area contributed by atoms with E-state index in [4.69, 9.17) is 11.1 Å². The minimum atomic E-state index is -5.00. The number of ether oxygens (including phenoxy) is 1. The second-order valence-electron chi connectivity index (χ2n) is 8.33. The fraction of sp³-hybridized carbons (Fsp3) is 0.348. The fourth-order valence-electron chi connectivity index (χ4n) is 3.40. The van der Waals surface area contributed by atoms with Crippen LogP contribution in [0.2, 0.25) is 0 Å². The molecule has 2 heterocycles. The summed E-state index contributed by atoms with van der Waals surface area (Å²) in [6, 6.07) is 6.60. The molecule has 0 bridgehead atoms. The predicted molar refractivity (Wildman–Crippen MR) is 134 cm³/mol. The number of nitrogens with two attached hydrogens (primary N) is 2. The zero-order chi connectivity index (χ0) is 27.2. The summed E-state index contributed by atoms with van der Waals surface area (Å²) in [5, 5.41) is 8.42. The molecule has 2 aromatic rings. The molecular weight excluding hydrogens is 511 g/mol. The van der Waals surface area contributed by atoms with E-state index in [-0.39, 0.29) is 28.0 Å². The Bertz CT molecular complexity index is 1200. The number of thioether (sulfide) groups is 1. The third-order valence-corrected chi connectivity index (χ3v) is 6.01. The zero-order valence-electron chi connectivity index (χ0n) is 20.2. The zero-order valence-corrected chi connectivity index (χ0v) is 21.0. The Labute approximate surface area is 215 Å². The number of aryl methyl sites for hydroxylation is 1. The maximum atomic E-state index is 12.9. The van der Waals surface area contributed by atoms with Crippen LogP contribution >= 0.6 is 11.8 Å². The molecule has 1 saturated heterocycles. The SMILES string of the molecule is Cc1ccnc(C(=[NH2+])SC(N)=NC(=O)c2ccc(OC(F)(F)F)c(NC(=O)CN3CCN(C)CC3)c2)c1. The first-order valence-electron chi connectivity index (χ1n) is 11.1. The highest BCUT2D eigenvalue weighted by Crippen LogP contribution is 2.31. The van der Waals surface area contributed by atoms with Crippen molar-refractivity contribution in [2.75, 3.05) is 45.1 Å². The molecule has 37 heavy (non-hydrogen) atoms. The molecule has 0 radical (unpaired) electrons. The van der Waals surface area contributed by atoms with Crippen LogP contribution < -0.4 is 21.2 Å². The maximum Gasteiger partial charge on any atom is 0.573 e. The standard InChI is InChI=1S/C23H26F3N7O3S/c1-14-5-6-29-17(11-14)20(27)37-22(28)31-21(35)15-3-4-18(36-23(24,25)26)16(12-15)30-19(34)13-33-9-7-32(2)8-10-33/h3-6,11-12,27H,7-10,13H2,1-2H3,(H,30,34)(H2,28,31,35)/p+1. The Balaban J connectivity index is 1.75. The van der Waals surface area contributed by atoms with Gasteiger partial charge in [-0.3, -0.25) is 14.5 Å². The number of alkyl halides is 3. The second-order valence-corrected chi connectivity index (χ2v) is 9.39. The van der Waals surface area contributed by atoms with Crippen molar-refractivity contribution >= 4 is 39.5 Å². The van der Waals surface area contributed by atoms with Crippen molar-refractivity contribution in [1.82, 2.24) is 14.8 Å². The summed E-state index contributed by atoms with van der Waals surface area (Å²) in [4.78, 5) is 37.1. The number of carbonyl (C=O) groups excluding carboxylic acids is 2. The Morgan fingerprint density at radius 3 is 2.57 bits per heavy atom. The molecule has 1 aliphatic rings. The molecule has 0 atom stereocenters. The fourth-order valence-corrected chi connectivity index (χ4v) is 3.97. The number of halogens is 3. The number of nitrogens with zero attached hydrogens (tertiary/aromatic N) is 4. The van der Waals surface area contributed by atoms with Crippen molar-refractivity contribution < 1.29 is 32.9 Å². The van der Waals surface area contributed by atoms with Crippen molar-refractivity contribution in [3.8, 4) is 5.75 Å². The molecule has 0 saturated carbocycles. The molecule has 1 aromatic carbocycles. The molecule has 0 unspecified atom stereocenters. The maximum absolute atomic E-state index is 12.9. The van der Waals surface area contributed by atoms with E-state index in [0.717, 1.165) is 48.6 Å². The minimum Gasteiger partial charge on any atom is -0.404 e. The number of likely N-dealkylation sites (N-methyl/N-ethyl adjacent to an activating group) is 1. The van der Waals surface area contributed by atoms with Crippen molar-refractivity contribution in [3.05, 3.63) is 53.3 Å². The van der Waals surface area contributed by atoms with Crippen LogP contribution in [0.5, 0.6) is 5.75 Å². The Kier molecular flexibility index (Phi) is 9.23. The third kappa shape index (κ3) is 8.84. The summed E-state index contributed by atoms with van der Waals surface area (Å²) in [7, 11) is 1.96. The predicted octanol–water partition coefficient (Wildman–Crippen LogP) is 0.869. The quantitative estimate of drug-likeness (QED) is 0.364. The Morgan fingerprint density at radius 1 is 1.22 bits per heavy atom. The molecule has 10 nitrogen and oxygen atoms in total. The summed E-state index contributed by atoms with van der Waals surface area (Å²) in [5.74, 6) is -2.05. The van der Waals surface area contributed by atoms with E-state index in [1.165, 1.54) is 0 Å². The van der Waals surface area contributed by atoms with Gasteiger partial charge < -0.3 is 20.7 Å². The molecule has 1 aromatic heterocycles. The topological polar surface area (TPSA) is 139 Å². The van der Waals surface area contributed by atoms with E-state index in [1.807, 2.05) is 18.9 Å². The number of pyridine rings is 1. The van der Waals surface area contributed by atoms with Gasteiger partial charge in [0.1, 0.15) is 5.69 Å². The minimum absolute atomic E-state index is 0.0265. The van der Waals surface area contributed by atoms with Gasteiger partial charge in [0, 0.05) is 49.7 Å². The van der Waals surface area contributed by atoms with Crippen molar-refractivity contribution in [1.29, 1.82) is 0 Å². The summed E-state index contributed by atoms with van der Waals surface area (Å²) < 4.78 is 42.8. The molecule has 1 fully saturated rings.